The summed E-state index contributed by atoms with van der Waals surface area (Å²) in [6.07, 6.45) is 18.1. The van der Waals surface area contributed by atoms with Gasteiger partial charge in [-0.25, -0.2) is 39.1 Å². The van der Waals surface area contributed by atoms with Crippen LogP contribution in [0, 0.1) is 35.5 Å². The van der Waals surface area contributed by atoms with Crippen molar-refractivity contribution in [3.8, 4) is 44.5 Å². The zero-order valence-electron chi connectivity index (χ0n) is 82.5. The second-order valence-corrected chi connectivity index (χ2v) is 41.4. The van der Waals surface area contributed by atoms with Crippen molar-refractivity contribution in [2.24, 2.45) is 35.5 Å². The van der Waals surface area contributed by atoms with Gasteiger partial charge in [-0.3, -0.25) is 19.2 Å². The number of fused-ring (bicyclic) bond motifs is 6. The van der Waals surface area contributed by atoms with E-state index in [0.717, 1.165) is 231 Å². The Balaban J connectivity index is 0.000000180. The Bertz CT molecular complexity index is 6310. The van der Waals surface area contributed by atoms with Gasteiger partial charge >= 0.3 is 24.4 Å². The van der Waals surface area contributed by atoms with Gasteiger partial charge in [0.05, 0.1) is 96.7 Å². The fourth-order valence-electron chi connectivity index (χ4n) is 23.7. The Kier molecular flexibility index (Phi) is 27.8. The molecule has 8 bridgehead atoms. The molecule has 28 nitrogen and oxygen atoms in total. The number of ether oxygens (including phenoxy) is 4. The highest BCUT2D eigenvalue weighted by Gasteiger charge is 2.51. The molecule has 0 spiro atoms. The predicted molar refractivity (Wildman–Crippen MR) is 540 cm³/mol. The highest BCUT2D eigenvalue weighted by atomic mass is 16.6. The van der Waals surface area contributed by atoms with Gasteiger partial charge in [-0.05, 0) is 289 Å². The lowest BCUT2D eigenvalue weighted by Crippen LogP contribution is -2.53. The molecule has 140 heavy (non-hydrogen) atoms. The molecule has 28 heteroatoms. The summed E-state index contributed by atoms with van der Waals surface area (Å²) in [5.41, 5.74) is 26.9. The van der Waals surface area contributed by atoms with Crippen LogP contribution in [-0.2, 0) is 89.5 Å². The van der Waals surface area contributed by atoms with Crippen LogP contribution in [0.2, 0.25) is 0 Å². The number of nitrogens with zero attached hydrogens (tertiary/aromatic N) is 8. The van der Waals surface area contributed by atoms with Crippen molar-refractivity contribution in [3.05, 3.63) is 213 Å². The number of likely N-dealkylation sites (tertiary alicyclic amines) is 4. The van der Waals surface area contributed by atoms with Crippen LogP contribution in [0.1, 0.15) is 237 Å². The molecule has 8 amide bonds. The Morgan fingerprint density at radius 3 is 0.843 bits per heavy atom. The molecule has 4 aliphatic heterocycles. The zero-order valence-corrected chi connectivity index (χ0v) is 82.5. The number of aryl methyl sites for hydroxylation is 8. The third kappa shape index (κ3) is 19.5. The molecular formula is C112H132N16O12. The summed E-state index contributed by atoms with van der Waals surface area (Å²) in [6, 6.07) is 50.3. The first-order valence-electron chi connectivity index (χ1n) is 50.8. The number of imidazole rings is 4. The van der Waals surface area contributed by atoms with Crippen LogP contribution in [0.4, 0.5) is 19.2 Å². The number of benzene rings is 8. The summed E-state index contributed by atoms with van der Waals surface area (Å²) in [5, 5.41) is 11.2. The summed E-state index contributed by atoms with van der Waals surface area (Å²) in [5.74, 6) is 3.09. The van der Waals surface area contributed by atoms with E-state index in [1.807, 2.05) is 65.2 Å². The molecular weight excluding hydrogens is 1760 g/mol. The Labute approximate surface area is 817 Å². The molecule has 10 aliphatic carbocycles. The van der Waals surface area contributed by atoms with Crippen molar-refractivity contribution in [2.45, 2.75) is 257 Å². The molecule has 26 rings (SSSR count). The van der Waals surface area contributed by atoms with Gasteiger partial charge in [0.25, 0.3) is 0 Å². The topological polar surface area (TPSA) is 349 Å². The van der Waals surface area contributed by atoms with E-state index in [2.05, 4.69) is 197 Å². The van der Waals surface area contributed by atoms with E-state index in [0.29, 0.717) is 24.9 Å². The average molecular weight is 1890 g/mol. The minimum absolute atomic E-state index is 0.0671. The maximum atomic E-state index is 14.5. The van der Waals surface area contributed by atoms with Gasteiger partial charge in [-0.1, -0.05) is 178 Å². The van der Waals surface area contributed by atoms with Crippen LogP contribution in [0.15, 0.2) is 146 Å². The summed E-state index contributed by atoms with van der Waals surface area (Å²) >= 11 is 0. The van der Waals surface area contributed by atoms with E-state index in [9.17, 15) is 38.4 Å². The van der Waals surface area contributed by atoms with E-state index in [1.165, 1.54) is 95.2 Å². The molecule has 4 saturated heterocycles. The maximum Gasteiger partial charge on any atom is 0.407 e. The standard InChI is InChI=1S/C60H72N8O6.C52H60N8O6/c1-33(2)53(65-59(71)73-5)57(69)67-49-13-9-7-11-41(49)31-51(67)55-61-45-25-23-39(29-47(45)63-55)43-27-35-15-19-37(43)21-17-36-16-20-38(22-18-35)44(28-36)40-24-26-46-48(30-40)64-56(62-46)52-32-42-12-8-10-14-50(42)68(52)58(70)54(34(3)4)66-60(72)74-6;1-29(2)45(57-51(63)65-5)49(61)59-23-7-9-43(59)47-53-39-21-19-35(27-41(39)55-47)37-25-31-11-15-33(37)17-13-32-12-16-34(18-14-31)38(26-32)36-20-22-40-42(28-36)56-48(54-40)44-10-8-24-60(44)50(62)46(30(3)4)58-52(64)66-6/h15-16,19-20,23-30,33-34,41-42,49-54H,7-14,17-18,21-22,31-32H2,1-6H3,(H,61,63)(H,62,64)(H,65,71)(H,66,72);11-12,15-16,19-22,25-30,43-46H,7-10,13-14,17-18,23-24H2,1-6H3,(H,53,55)(H,54,56)(H,57,63)(H,58,64). The van der Waals surface area contributed by atoms with Gasteiger partial charge in [0, 0.05) is 25.2 Å². The smallest absolute Gasteiger partial charge is 0.407 e. The maximum absolute atomic E-state index is 14.5. The zero-order chi connectivity index (χ0) is 97.6. The molecule has 12 aromatic rings. The number of amides is 8. The second kappa shape index (κ2) is 40.8. The van der Waals surface area contributed by atoms with Crippen molar-refractivity contribution in [1.82, 2.24) is 80.7 Å². The highest BCUT2D eigenvalue weighted by molar-refractivity contribution is 5.93. The van der Waals surface area contributed by atoms with Crippen molar-refractivity contribution < 1.29 is 57.3 Å². The SMILES string of the molecule is COC(=O)NC(C(=O)N1C(c2nc3ccc(-c4cc5ccc4CCc4ccc(c(-c6ccc7nc(C8CC9CCCCC9N8C(=O)C(NC(=O)OC)C(C)C)[nH]c7c6)c4)CC5)cc3[nH]2)CC2CCCCC21)C(C)C.COC(=O)NC(C(=O)N1CCCC1c1nc2ccc(-c3cc4ccc3CCc3ccc(c(-c5ccc6nc(C7CCCN7C(=O)C(NC(=O)OC)C(C)C)[nH]c6c5)c3)CC4)cc2[nH]1)C(C)C. The number of alkyl carbamates (subject to hydrolysis) is 4. The van der Waals surface area contributed by atoms with Gasteiger partial charge in [0.2, 0.25) is 23.6 Å². The van der Waals surface area contributed by atoms with Crippen LogP contribution in [0.5, 0.6) is 0 Å². The van der Waals surface area contributed by atoms with Gasteiger partial charge in [-0.15, -0.1) is 0 Å². The first-order chi connectivity index (χ1) is 67.7. The normalized spacial score (nSPS) is 20.9. The molecule has 12 atom stereocenters. The number of carbonyl (C=O) groups excluding carboxylic acids is 8. The van der Waals surface area contributed by atoms with Crippen LogP contribution in [0.25, 0.3) is 88.6 Å². The molecule has 2 saturated carbocycles. The lowest BCUT2D eigenvalue weighted by atomic mass is 9.84. The van der Waals surface area contributed by atoms with Crippen LogP contribution in [-0.4, -0.2) is 185 Å². The Morgan fingerprint density at radius 1 is 0.307 bits per heavy atom. The number of hydrogen-bond acceptors (Lipinski definition) is 16. The third-order valence-electron chi connectivity index (χ3n) is 31.3. The predicted octanol–water partition coefficient (Wildman–Crippen LogP) is 19.8. The number of carbonyl (C=O) groups is 8. The average Bonchev–Trinajstić information content (AvgIpc) is 1.60. The van der Waals surface area contributed by atoms with E-state index in [-0.39, 0.29) is 83.6 Å². The first kappa shape index (κ1) is 95.5. The van der Waals surface area contributed by atoms with E-state index in [4.69, 9.17) is 38.9 Å². The summed E-state index contributed by atoms with van der Waals surface area (Å²) in [4.78, 5) is 148. The largest absolute Gasteiger partial charge is 0.453 e. The molecule has 8 N–H and O–H groups in total. The van der Waals surface area contributed by atoms with E-state index >= 15 is 0 Å². The molecule has 8 heterocycles. The lowest BCUT2D eigenvalue weighted by Gasteiger charge is -2.36. The first-order valence-corrected chi connectivity index (χ1v) is 50.8. The minimum atomic E-state index is -0.694. The number of hydrogen-bond donors (Lipinski definition) is 8. The van der Waals surface area contributed by atoms with Crippen LogP contribution >= 0.6 is 0 Å². The molecule has 4 aromatic heterocycles. The molecule has 732 valence electrons. The quantitative estimate of drug-likeness (QED) is 0.0329. The van der Waals surface area contributed by atoms with Crippen molar-refractivity contribution >= 4 is 92.1 Å². The fourth-order valence-corrected chi connectivity index (χ4v) is 23.7. The second-order valence-electron chi connectivity index (χ2n) is 41.4. The van der Waals surface area contributed by atoms with E-state index < -0.39 is 48.5 Å². The monoisotopic (exact) mass is 1890 g/mol. The van der Waals surface area contributed by atoms with Crippen molar-refractivity contribution in [3.63, 3.8) is 0 Å². The molecule has 12 unspecified atom stereocenters. The number of rotatable bonds is 20. The molecule has 8 aromatic carbocycles. The van der Waals surface area contributed by atoms with Gasteiger partial charge in [0.1, 0.15) is 47.5 Å². The summed E-state index contributed by atoms with van der Waals surface area (Å²) < 4.78 is 19.5. The number of methoxy groups -OCH3 is 4. The molecule has 14 aliphatic rings. The summed E-state index contributed by atoms with van der Waals surface area (Å²) in [6.45, 7) is 16.7. The van der Waals surface area contributed by atoms with E-state index in [1.54, 1.807) is 0 Å². The minimum Gasteiger partial charge on any atom is -0.453 e. The third-order valence-corrected chi connectivity index (χ3v) is 31.3. The van der Waals surface area contributed by atoms with Gasteiger partial charge in [-0.2, -0.15) is 0 Å². The lowest BCUT2D eigenvalue weighted by molar-refractivity contribution is -0.139. The number of nitrogens with one attached hydrogen (secondary N) is 8. The molecule has 6 fully saturated rings. The Morgan fingerprint density at radius 2 is 0.571 bits per heavy atom. The number of H-pyrrole nitrogens is 4. The van der Waals surface area contributed by atoms with Crippen LogP contribution in [0.3, 0.4) is 0 Å². The van der Waals surface area contributed by atoms with Crippen molar-refractivity contribution in [2.75, 3.05) is 41.5 Å². The number of aromatic nitrogens is 8. The Hall–Kier alpha value is -13.4. The van der Waals surface area contributed by atoms with Crippen molar-refractivity contribution in [1.29, 1.82) is 0 Å². The van der Waals surface area contributed by atoms with Crippen LogP contribution < -0.4 is 21.3 Å². The van der Waals surface area contributed by atoms with Gasteiger partial charge < -0.3 is 79.8 Å². The number of aromatic amines is 4. The molecule has 0 radical (unpaired) electrons. The summed E-state index contributed by atoms with van der Waals surface area (Å²) in [7, 11) is 5.27. The highest BCUT2D eigenvalue weighted by Crippen LogP contribution is 2.50. The fraction of sp³-hybridized carbons (Fsp3) is 0.464. The van der Waals surface area contributed by atoms with Gasteiger partial charge in [0.15, 0.2) is 0 Å².